The van der Waals surface area contributed by atoms with E-state index in [1.54, 1.807) is 12.1 Å². The van der Waals surface area contributed by atoms with Crippen molar-refractivity contribution in [1.29, 1.82) is 0 Å². The lowest BCUT2D eigenvalue weighted by Crippen LogP contribution is -1.98. The molecule has 0 aliphatic carbocycles. The Morgan fingerprint density at radius 1 is 1.00 bits per heavy atom. The summed E-state index contributed by atoms with van der Waals surface area (Å²) < 4.78 is 0.995. The Morgan fingerprint density at radius 2 is 1.69 bits per heavy atom. The molecule has 2 aromatic carbocycles. The summed E-state index contributed by atoms with van der Waals surface area (Å²) in [5.41, 5.74) is 1.65. The number of aliphatic hydroxyl groups excluding tert-OH is 1. The molecule has 0 saturated heterocycles. The highest BCUT2D eigenvalue weighted by Gasteiger charge is 2.10. The third-order valence-electron chi connectivity index (χ3n) is 2.35. The highest BCUT2D eigenvalue weighted by atomic mass is 79.9. The summed E-state index contributed by atoms with van der Waals surface area (Å²) in [6, 6.07) is 14.8. The van der Waals surface area contributed by atoms with E-state index in [0.29, 0.717) is 5.02 Å². The third kappa shape index (κ3) is 2.64. The first-order chi connectivity index (χ1) is 7.66. The van der Waals surface area contributed by atoms with Crippen LogP contribution in [0.5, 0.6) is 0 Å². The quantitative estimate of drug-likeness (QED) is 0.881. The fraction of sp³-hybridized carbons (Fsp3) is 0.0769. The van der Waals surface area contributed by atoms with Crippen LogP contribution in [0.2, 0.25) is 5.02 Å². The molecular formula is C13H10BrClO. The minimum atomic E-state index is -0.633. The van der Waals surface area contributed by atoms with Crippen LogP contribution in [0, 0.1) is 0 Å². The highest BCUT2D eigenvalue weighted by Crippen LogP contribution is 2.25. The molecule has 0 unspecified atom stereocenters. The minimum absolute atomic E-state index is 0.633. The molecule has 1 nitrogen and oxygen atoms in total. The fourth-order valence-corrected chi connectivity index (χ4v) is 1.98. The first-order valence-corrected chi connectivity index (χ1v) is 6.03. The van der Waals surface area contributed by atoms with E-state index in [9.17, 15) is 5.11 Å². The third-order valence-corrected chi connectivity index (χ3v) is 3.11. The Morgan fingerprint density at radius 3 is 2.31 bits per heavy atom. The molecule has 0 heterocycles. The molecule has 0 spiro atoms. The van der Waals surface area contributed by atoms with Crippen molar-refractivity contribution < 1.29 is 5.11 Å². The van der Waals surface area contributed by atoms with Crippen LogP contribution in [0.1, 0.15) is 17.2 Å². The molecule has 0 bridgehead atoms. The smallest absolute Gasteiger partial charge is 0.104 e. The van der Waals surface area contributed by atoms with E-state index in [1.165, 1.54) is 0 Å². The summed E-state index contributed by atoms with van der Waals surface area (Å²) in [4.78, 5) is 0. The first-order valence-electron chi connectivity index (χ1n) is 4.86. The van der Waals surface area contributed by atoms with Gasteiger partial charge in [0.1, 0.15) is 6.10 Å². The van der Waals surface area contributed by atoms with Gasteiger partial charge >= 0.3 is 0 Å². The van der Waals surface area contributed by atoms with Gasteiger partial charge in [-0.3, -0.25) is 0 Å². The number of halogens is 2. The Hall–Kier alpha value is -0.830. The molecule has 1 atom stereocenters. The molecular weight excluding hydrogens is 287 g/mol. The zero-order valence-electron chi connectivity index (χ0n) is 8.40. The van der Waals surface area contributed by atoms with Crippen LogP contribution in [0.25, 0.3) is 0 Å². The van der Waals surface area contributed by atoms with Gasteiger partial charge in [-0.1, -0.05) is 51.8 Å². The van der Waals surface area contributed by atoms with Crippen LogP contribution in [0.3, 0.4) is 0 Å². The second-order valence-electron chi connectivity index (χ2n) is 3.51. The molecule has 2 aromatic rings. The van der Waals surface area contributed by atoms with Crippen LogP contribution in [-0.4, -0.2) is 5.11 Å². The molecule has 0 amide bonds. The molecule has 0 aromatic heterocycles. The predicted octanol–water partition coefficient (Wildman–Crippen LogP) is 4.18. The zero-order chi connectivity index (χ0) is 11.5. The Labute approximate surface area is 108 Å². The van der Waals surface area contributed by atoms with Crippen molar-refractivity contribution in [3.63, 3.8) is 0 Å². The molecule has 0 radical (unpaired) electrons. The average molecular weight is 298 g/mol. The van der Waals surface area contributed by atoms with Gasteiger partial charge < -0.3 is 5.11 Å². The number of hydrogen-bond acceptors (Lipinski definition) is 1. The van der Waals surface area contributed by atoms with E-state index in [4.69, 9.17) is 11.6 Å². The molecule has 0 aliphatic rings. The number of benzene rings is 2. The lowest BCUT2D eigenvalue weighted by Gasteiger charge is -2.11. The van der Waals surface area contributed by atoms with Gasteiger partial charge in [0.15, 0.2) is 0 Å². The summed E-state index contributed by atoms with van der Waals surface area (Å²) >= 11 is 9.24. The summed E-state index contributed by atoms with van der Waals surface area (Å²) in [6.45, 7) is 0. The van der Waals surface area contributed by atoms with Crippen molar-refractivity contribution in [2.24, 2.45) is 0 Å². The van der Waals surface area contributed by atoms with Crippen LogP contribution >= 0.6 is 27.5 Å². The van der Waals surface area contributed by atoms with Gasteiger partial charge in [0.05, 0.1) is 0 Å². The lowest BCUT2D eigenvalue weighted by atomic mass is 10.0. The van der Waals surface area contributed by atoms with Gasteiger partial charge in [0.2, 0.25) is 0 Å². The van der Waals surface area contributed by atoms with Crippen LogP contribution in [0.15, 0.2) is 53.0 Å². The van der Waals surface area contributed by atoms with E-state index < -0.39 is 6.10 Å². The first kappa shape index (κ1) is 11.6. The van der Waals surface area contributed by atoms with Crippen molar-refractivity contribution in [3.8, 4) is 0 Å². The van der Waals surface area contributed by atoms with Crippen molar-refractivity contribution in [3.05, 3.63) is 69.2 Å². The fourth-order valence-electron chi connectivity index (χ4n) is 1.51. The van der Waals surface area contributed by atoms with Crippen LogP contribution < -0.4 is 0 Å². The maximum Gasteiger partial charge on any atom is 0.104 e. The normalized spacial score (nSPS) is 12.4. The largest absolute Gasteiger partial charge is 0.384 e. The van der Waals surface area contributed by atoms with Gasteiger partial charge in [-0.2, -0.15) is 0 Å². The second-order valence-corrected chi connectivity index (χ2v) is 4.86. The molecule has 82 valence electrons. The maximum atomic E-state index is 10.1. The molecule has 0 fully saturated rings. The van der Waals surface area contributed by atoms with E-state index in [-0.39, 0.29) is 0 Å². The topological polar surface area (TPSA) is 20.2 Å². The number of hydrogen-bond donors (Lipinski definition) is 1. The molecule has 3 heteroatoms. The summed E-state index contributed by atoms with van der Waals surface area (Å²) in [7, 11) is 0. The monoisotopic (exact) mass is 296 g/mol. The lowest BCUT2D eigenvalue weighted by molar-refractivity contribution is 0.220. The van der Waals surface area contributed by atoms with Gasteiger partial charge in [0, 0.05) is 9.50 Å². The van der Waals surface area contributed by atoms with Crippen LogP contribution in [0.4, 0.5) is 0 Å². The standard InChI is InChI=1S/C13H10BrClO/c14-11-6-4-9(5-7-11)13(16)10-2-1-3-12(15)8-10/h1-8,13,16H/t13-/m0/s1. The van der Waals surface area contributed by atoms with E-state index in [0.717, 1.165) is 15.6 Å². The minimum Gasteiger partial charge on any atom is -0.384 e. The Kier molecular flexibility index (Phi) is 3.64. The maximum absolute atomic E-state index is 10.1. The van der Waals surface area contributed by atoms with Gasteiger partial charge in [-0.15, -0.1) is 0 Å². The summed E-state index contributed by atoms with van der Waals surface area (Å²) in [5.74, 6) is 0. The molecule has 1 N–H and O–H groups in total. The van der Waals surface area contributed by atoms with E-state index in [1.807, 2.05) is 36.4 Å². The predicted molar refractivity (Wildman–Crippen MR) is 69.7 cm³/mol. The summed E-state index contributed by atoms with van der Waals surface area (Å²) in [5, 5.41) is 10.8. The SMILES string of the molecule is O[C@@H](c1ccc(Br)cc1)c1cccc(Cl)c1. The molecule has 0 aliphatic heterocycles. The average Bonchev–Trinajstić information content (AvgIpc) is 2.29. The second kappa shape index (κ2) is 5.00. The van der Waals surface area contributed by atoms with Gasteiger partial charge in [-0.05, 0) is 35.4 Å². The molecule has 2 rings (SSSR count). The highest BCUT2D eigenvalue weighted by molar-refractivity contribution is 9.10. The summed E-state index contributed by atoms with van der Waals surface area (Å²) in [6.07, 6.45) is -0.633. The van der Waals surface area contributed by atoms with Crippen molar-refractivity contribution in [2.75, 3.05) is 0 Å². The molecule has 0 saturated carbocycles. The molecule has 16 heavy (non-hydrogen) atoms. The number of aliphatic hydroxyl groups is 1. The van der Waals surface area contributed by atoms with Crippen LogP contribution in [-0.2, 0) is 0 Å². The van der Waals surface area contributed by atoms with Crippen molar-refractivity contribution in [2.45, 2.75) is 6.10 Å². The van der Waals surface area contributed by atoms with E-state index >= 15 is 0 Å². The Bertz CT molecular complexity index is 482. The Balaban J connectivity index is 2.31. The van der Waals surface area contributed by atoms with Crippen molar-refractivity contribution in [1.82, 2.24) is 0 Å². The van der Waals surface area contributed by atoms with Crippen molar-refractivity contribution >= 4 is 27.5 Å². The van der Waals surface area contributed by atoms with E-state index in [2.05, 4.69) is 15.9 Å². The zero-order valence-corrected chi connectivity index (χ0v) is 10.7. The van der Waals surface area contributed by atoms with Gasteiger partial charge in [-0.25, -0.2) is 0 Å². The van der Waals surface area contributed by atoms with Gasteiger partial charge in [0.25, 0.3) is 0 Å². The number of rotatable bonds is 2.